The minimum atomic E-state index is -4.44. The maximum absolute atomic E-state index is 13.0. The van der Waals surface area contributed by atoms with Crippen LogP contribution in [0.25, 0.3) is 0 Å². The van der Waals surface area contributed by atoms with Gasteiger partial charge in [-0.3, -0.25) is 4.79 Å². The lowest BCUT2D eigenvalue weighted by Gasteiger charge is -2.23. The van der Waals surface area contributed by atoms with Gasteiger partial charge in [-0.2, -0.15) is 13.2 Å². The first-order chi connectivity index (χ1) is 16.2. The fourth-order valence-electron chi connectivity index (χ4n) is 3.29. The number of amides is 3. The molecule has 3 aromatic carbocycles. The summed E-state index contributed by atoms with van der Waals surface area (Å²) in [6, 6.07) is 20.8. The van der Waals surface area contributed by atoms with E-state index in [9.17, 15) is 22.8 Å². The zero-order chi connectivity index (χ0) is 24.6. The average Bonchev–Trinajstić information content (AvgIpc) is 2.82. The Morgan fingerprint density at radius 2 is 1.38 bits per heavy atom. The van der Waals surface area contributed by atoms with E-state index in [0.29, 0.717) is 12.2 Å². The van der Waals surface area contributed by atoms with Gasteiger partial charge in [-0.05, 0) is 53.9 Å². The van der Waals surface area contributed by atoms with Crippen LogP contribution in [0.4, 0.5) is 29.3 Å². The van der Waals surface area contributed by atoms with Gasteiger partial charge in [0.15, 0.2) is 0 Å². The third-order valence-electron chi connectivity index (χ3n) is 5.22. The molecule has 0 saturated carbocycles. The Bertz CT molecular complexity index is 1080. The van der Waals surface area contributed by atoms with Gasteiger partial charge in [-0.1, -0.05) is 49.4 Å². The predicted octanol–water partition coefficient (Wildman–Crippen LogP) is 6.33. The second-order valence-corrected chi connectivity index (χ2v) is 7.76. The molecule has 8 heteroatoms. The highest BCUT2D eigenvalue weighted by Gasteiger charge is 2.30. The molecule has 0 atom stereocenters. The van der Waals surface area contributed by atoms with Crippen LogP contribution in [0.5, 0.6) is 0 Å². The summed E-state index contributed by atoms with van der Waals surface area (Å²) in [6.07, 6.45) is -3.57. The minimum Gasteiger partial charge on any atom is -0.326 e. The normalized spacial score (nSPS) is 11.1. The van der Waals surface area contributed by atoms with E-state index in [0.717, 1.165) is 29.7 Å². The van der Waals surface area contributed by atoms with Gasteiger partial charge in [0.1, 0.15) is 0 Å². The fourth-order valence-corrected chi connectivity index (χ4v) is 3.29. The number of nitrogens with zero attached hydrogens (tertiary/aromatic N) is 1. The van der Waals surface area contributed by atoms with E-state index in [1.54, 1.807) is 0 Å². The highest BCUT2D eigenvalue weighted by molar-refractivity contribution is 5.92. The topological polar surface area (TPSA) is 61.4 Å². The van der Waals surface area contributed by atoms with Crippen LogP contribution >= 0.6 is 0 Å². The van der Waals surface area contributed by atoms with Crippen molar-refractivity contribution in [2.24, 2.45) is 0 Å². The molecule has 3 aromatic rings. The van der Waals surface area contributed by atoms with Crippen molar-refractivity contribution >= 4 is 23.3 Å². The molecule has 0 spiro atoms. The number of alkyl halides is 3. The summed E-state index contributed by atoms with van der Waals surface area (Å²) in [6.45, 7) is 2.47. The number of hydrogen-bond donors (Lipinski definition) is 2. The lowest BCUT2D eigenvalue weighted by Crippen LogP contribution is -2.36. The molecule has 0 fully saturated rings. The highest BCUT2D eigenvalue weighted by atomic mass is 19.4. The van der Waals surface area contributed by atoms with E-state index >= 15 is 0 Å². The third-order valence-corrected chi connectivity index (χ3v) is 5.22. The van der Waals surface area contributed by atoms with Crippen molar-refractivity contribution in [1.82, 2.24) is 4.90 Å². The lowest BCUT2D eigenvalue weighted by molar-refractivity contribution is -0.137. The number of urea groups is 1. The lowest BCUT2D eigenvalue weighted by atomic mass is 10.1. The van der Waals surface area contributed by atoms with Gasteiger partial charge >= 0.3 is 12.2 Å². The summed E-state index contributed by atoms with van der Waals surface area (Å²) in [5.41, 5.74) is 2.17. The minimum absolute atomic E-state index is 0.0178. The monoisotopic (exact) mass is 469 g/mol. The summed E-state index contributed by atoms with van der Waals surface area (Å²) < 4.78 is 38.1. The van der Waals surface area contributed by atoms with Crippen molar-refractivity contribution in [1.29, 1.82) is 0 Å². The van der Waals surface area contributed by atoms with Crippen molar-refractivity contribution < 1.29 is 22.8 Å². The molecule has 3 rings (SSSR count). The van der Waals surface area contributed by atoms with E-state index in [2.05, 4.69) is 10.6 Å². The number of benzene rings is 3. The molecule has 0 aliphatic carbocycles. The first-order valence-corrected chi connectivity index (χ1v) is 10.9. The van der Waals surface area contributed by atoms with Gasteiger partial charge in [0.05, 0.1) is 5.56 Å². The molecule has 0 aliphatic rings. The SMILES string of the molecule is CCc1ccc(NC(=O)N(CCC(=O)Nc2ccc(C(F)(F)F)cc2)Cc2ccccc2)cc1. The molecule has 0 unspecified atom stereocenters. The Kier molecular flexibility index (Phi) is 8.29. The molecule has 0 aromatic heterocycles. The zero-order valence-corrected chi connectivity index (χ0v) is 18.7. The number of carbonyl (C=O) groups excluding carboxylic acids is 2. The first-order valence-electron chi connectivity index (χ1n) is 10.9. The maximum atomic E-state index is 13.0. The van der Waals surface area contributed by atoms with E-state index in [1.165, 1.54) is 17.0 Å². The number of halogens is 3. The van der Waals surface area contributed by atoms with Crippen molar-refractivity contribution in [3.05, 3.63) is 95.6 Å². The molecular formula is C26H26F3N3O2. The van der Waals surface area contributed by atoms with E-state index < -0.39 is 17.6 Å². The highest BCUT2D eigenvalue weighted by Crippen LogP contribution is 2.29. The number of hydrogen-bond acceptors (Lipinski definition) is 2. The Morgan fingerprint density at radius 1 is 0.794 bits per heavy atom. The smallest absolute Gasteiger partial charge is 0.326 e. The van der Waals surface area contributed by atoms with Crippen LogP contribution in [0.1, 0.15) is 30.0 Å². The quantitative estimate of drug-likeness (QED) is 0.405. The average molecular weight is 470 g/mol. The zero-order valence-electron chi connectivity index (χ0n) is 18.7. The second-order valence-electron chi connectivity index (χ2n) is 7.76. The standard InChI is InChI=1S/C26H26F3N3O2/c1-2-19-8-12-23(13-9-19)31-25(34)32(18-20-6-4-3-5-7-20)17-16-24(33)30-22-14-10-21(11-15-22)26(27,28)29/h3-15H,2,16-18H2,1H3,(H,30,33)(H,31,34). The van der Waals surface area contributed by atoms with Gasteiger partial charge in [-0.15, -0.1) is 0 Å². The van der Waals surface area contributed by atoms with E-state index in [4.69, 9.17) is 0 Å². The summed E-state index contributed by atoms with van der Waals surface area (Å²) >= 11 is 0. The molecular weight excluding hydrogens is 443 g/mol. The Balaban J connectivity index is 1.63. The van der Waals surface area contributed by atoms with Gasteiger partial charge in [-0.25, -0.2) is 4.79 Å². The van der Waals surface area contributed by atoms with Crippen molar-refractivity contribution in [2.75, 3.05) is 17.2 Å². The first kappa shape index (κ1) is 24.8. The molecule has 0 saturated heterocycles. The molecule has 0 bridgehead atoms. The van der Waals surface area contributed by atoms with Crippen molar-refractivity contribution in [2.45, 2.75) is 32.5 Å². The van der Waals surface area contributed by atoms with Gasteiger partial charge in [0.2, 0.25) is 5.91 Å². The van der Waals surface area contributed by atoms with Crippen LogP contribution in [0, 0.1) is 0 Å². The fraction of sp³-hybridized carbons (Fsp3) is 0.231. The molecule has 5 nitrogen and oxygen atoms in total. The van der Waals surface area contributed by atoms with Gasteiger partial charge in [0.25, 0.3) is 0 Å². The number of rotatable bonds is 8. The van der Waals surface area contributed by atoms with Crippen LogP contribution in [0.3, 0.4) is 0 Å². The van der Waals surface area contributed by atoms with Gasteiger partial charge in [0, 0.05) is 30.9 Å². The largest absolute Gasteiger partial charge is 0.416 e. The summed E-state index contributed by atoms with van der Waals surface area (Å²) in [5.74, 6) is -0.405. The number of carbonyl (C=O) groups is 2. The molecule has 178 valence electrons. The second kappa shape index (κ2) is 11.4. The molecule has 0 radical (unpaired) electrons. The predicted molar refractivity (Wildman–Crippen MR) is 126 cm³/mol. The molecule has 3 amide bonds. The van der Waals surface area contributed by atoms with Crippen molar-refractivity contribution in [3.8, 4) is 0 Å². The summed E-state index contributed by atoms with van der Waals surface area (Å²) in [7, 11) is 0. The van der Waals surface area contributed by atoms with Crippen LogP contribution in [-0.4, -0.2) is 23.4 Å². The molecule has 0 heterocycles. The Labute approximate surface area is 196 Å². The number of aryl methyl sites for hydroxylation is 1. The summed E-state index contributed by atoms with van der Waals surface area (Å²) in [4.78, 5) is 26.9. The number of anilines is 2. The van der Waals surface area contributed by atoms with Gasteiger partial charge < -0.3 is 15.5 Å². The van der Waals surface area contributed by atoms with E-state index in [-0.39, 0.29) is 24.7 Å². The number of nitrogens with one attached hydrogen (secondary N) is 2. The Hall–Kier alpha value is -3.81. The van der Waals surface area contributed by atoms with Crippen LogP contribution in [0.2, 0.25) is 0 Å². The third kappa shape index (κ3) is 7.37. The van der Waals surface area contributed by atoms with E-state index in [1.807, 2.05) is 61.5 Å². The van der Waals surface area contributed by atoms with Crippen LogP contribution in [-0.2, 0) is 23.9 Å². The van der Waals surface area contributed by atoms with Crippen LogP contribution in [0.15, 0.2) is 78.9 Å². The Morgan fingerprint density at radius 3 is 1.97 bits per heavy atom. The van der Waals surface area contributed by atoms with Crippen LogP contribution < -0.4 is 10.6 Å². The maximum Gasteiger partial charge on any atom is 0.416 e. The molecule has 2 N–H and O–H groups in total. The summed E-state index contributed by atoms with van der Waals surface area (Å²) in [5, 5.41) is 5.43. The molecule has 0 aliphatic heterocycles. The van der Waals surface area contributed by atoms with Crippen molar-refractivity contribution in [3.63, 3.8) is 0 Å². The molecule has 34 heavy (non-hydrogen) atoms.